The number of sulfone groups is 1. The summed E-state index contributed by atoms with van der Waals surface area (Å²) in [6.45, 7) is 1.90. The minimum absolute atomic E-state index is 0.0141. The Morgan fingerprint density at radius 1 is 1.37 bits per heavy atom. The maximum atomic E-state index is 13.5. The first kappa shape index (κ1) is 19.1. The Kier molecular flexibility index (Phi) is 5.31. The van der Waals surface area contributed by atoms with E-state index in [2.05, 4.69) is 5.32 Å². The van der Waals surface area contributed by atoms with Crippen LogP contribution >= 0.6 is 0 Å². The highest BCUT2D eigenvalue weighted by molar-refractivity contribution is 7.91. The number of rotatable bonds is 6. The summed E-state index contributed by atoms with van der Waals surface area (Å²) in [5.41, 5.74) is 0.0141. The van der Waals surface area contributed by atoms with Gasteiger partial charge in [0, 0.05) is 13.0 Å². The lowest BCUT2D eigenvalue weighted by Crippen LogP contribution is -2.28. The number of furan rings is 1. The van der Waals surface area contributed by atoms with Gasteiger partial charge in [0.1, 0.15) is 11.6 Å². The van der Waals surface area contributed by atoms with Crippen LogP contribution in [0.2, 0.25) is 0 Å². The van der Waals surface area contributed by atoms with E-state index < -0.39 is 27.5 Å². The summed E-state index contributed by atoms with van der Waals surface area (Å²) >= 11 is 0. The summed E-state index contributed by atoms with van der Waals surface area (Å²) < 4.78 is 43.0. The molecule has 1 aromatic heterocycles. The van der Waals surface area contributed by atoms with Crippen LogP contribution in [0.3, 0.4) is 0 Å². The predicted octanol–water partition coefficient (Wildman–Crippen LogP) is 2.20. The van der Waals surface area contributed by atoms with Crippen molar-refractivity contribution >= 4 is 27.3 Å². The Labute approximate surface area is 156 Å². The second-order valence-electron chi connectivity index (χ2n) is 6.29. The van der Waals surface area contributed by atoms with Crippen LogP contribution in [0, 0.1) is 11.7 Å². The van der Waals surface area contributed by atoms with Gasteiger partial charge in [-0.2, -0.15) is 0 Å². The van der Waals surface area contributed by atoms with Gasteiger partial charge in [0.25, 0.3) is 0 Å². The van der Waals surface area contributed by atoms with Crippen LogP contribution < -0.4 is 5.32 Å². The molecule has 2 aromatic rings. The molecule has 0 aliphatic carbocycles. The fraction of sp³-hybridized carbons (Fsp3) is 0.333. The Balaban J connectivity index is 1.74. The van der Waals surface area contributed by atoms with Gasteiger partial charge in [-0.3, -0.25) is 9.59 Å². The molecule has 144 valence electrons. The fourth-order valence-electron chi connectivity index (χ4n) is 2.94. The maximum Gasteiger partial charge on any atom is 0.229 e. The number of amides is 2. The molecule has 27 heavy (non-hydrogen) atoms. The van der Waals surface area contributed by atoms with E-state index in [1.165, 1.54) is 24.2 Å². The molecular weight excluding hydrogens is 375 g/mol. The molecule has 1 aliphatic rings. The molecule has 1 N–H and O–H groups in total. The van der Waals surface area contributed by atoms with E-state index in [4.69, 9.17) is 4.42 Å². The number of halogens is 1. The summed E-state index contributed by atoms with van der Waals surface area (Å²) in [5.74, 6) is -1.62. The van der Waals surface area contributed by atoms with Crippen LogP contribution in [0.25, 0.3) is 0 Å². The topological polar surface area (TPSA) is 96.7 Å². The second kappa shape index (κ2) is 7.51. The number of hydrogen-bond donors (Lipinski definition) is 1. The van der Waals surface area contributed by atoms with Gasteiger partial charge >= 0.3 is 0 Å². The van der Waals surface area contributed by atoms with Crippen LogP contribution in [0.4, 0.5) is 10.1 Å². The van der Waals surface area contributed by atoms with Crippen molar-refractivity contribution in [2.75, 3.05) is 17.6 Å². The average Bonchev–Trinajstić information content (AvgIpc) is 3.27. The number of benzene rings is 1. The molecule has 0 radical (unpaired) electrons. The second-order valence-corrected chi connectivity index (χ2v) is 8.53. The van der Waals surface area contributed by atoms with Crippen molar-refractivity contribution in [1.82, 2.24) is 4.90 Å². The number of nitrogens with zero attached hydrogens (tertiary/aromatic N) is 1. The summed E-state index contributed by atoms with van der Waals surface area (Å²) in [4.78, 5) is 25.9. The van der Waals surface area contributed by atoms with Gasteiger partial charge in [-0.1, -0.05) is 6.92 Å². The van der Waals surface area contributed by atoms with Gasteiger partial charge in [0.15, 0.2) is 9.84 Å². The van der Waals surface area contributed by atoms with Crippen LogP contribution in [0.15, 0.2) is 45.9 Å². The first-order chi connectivity index (χ1) is 12.8. The molecule has 0 saturated carbocycles. The zero-order chi connectivity index (χ0) is 19.6. The van der Waals surface area contributed by atoms with Crippen molar-refractivity contribution in [2.24, 2.45) is 5.92 Å². The third-order valence-corrected chi connectivity index (χ3v) is 6.20. The number of carbonyl (C=O) groups excluding carboxylic acids is 2. The quantitative estimate of drug-likeness (QED) is 0.810. The Bertz CT molecular complexity index is 956. The van der Waals surface area contributed by atoms with Crippen molar-refractivity contribution < 1.29 is 26.8 Å². The molecule has 7 nitrogen and oxygen atoms in total. The van der Waals surface area contributed by atoms with E-state index in [-0.39, 0.29) is 41.8 Å². The Morgan fingerprint density at radius 2 is 2.15 bits per heavy atom. The van der Waals surface area contributed by atoms with Crippen LogP contribution in [-0.4, -0.2) is 37.4 Å². The largest absolute Gasteiger partial charge is 0.467 e. The van der Waals surface area contributed by atoms with Crippen molar-refractivity contribution in [1.29, 1.82) is 0 Å². The van der Waals surface area contributed by atoms with E-state index in [0.29, 0.717) is 5.76 Å². The molecule has 1 fully saturated rings. The summed E-state index contributed by atoms with van der Waals surface area (Å²) in [5, 5.41) is 2.53. The summed E-state index contributed by atoms with van der Waals surface area (Å²) in [6.07, 6.45) is 1.52. The molecular formula is C18H19FN2O5S. The smallest absolute Gasteiger partial charge is 0.229 e. The summed E-state index contributed by atoms with van der Waals surface area (Å²) in [6, 6.07) is 6.63. The predicted molar refractivity (Wildman–Crippen MR) is 95.0 cm³/mol. The van der Waals surface area contributed by atoms with Gasteiger partial charge in [0.05, 0.1) is 35.1 Å². The molecule has 1 atom stereocenters. The highest BCUT2D eigenvalue weighted by Gasteiger charge is 2.35. The first-order valence-corrected chi connectivity index (χ1v) is 10.1. The first-order valence-electron chi connectivity index (χ1n) is 8.43. The van der Waals surface area contributed by atoms with E-state index in [1.807, 2.05) is 0 Å². The molecule has 1 unspecified atom stereocenters. The molecule has 9 heteroatoms. The van der Waals surface area contributed by atoms with E-state index in [1.54, 1.807) is 12.1 Å². The maximum absolute atomic E-state index is 13.5. The zero-order valence-electron chi connectivity index (χ0n) is 14.6. The van der Waals surface area contributed by atoms with E-state index in [9.17, 15) is 22.4 Å². The lowest BCUT2D eigenvalue weighted by molar-refractivity contribution is -0.128. The SMILES string of the molecule is CCS(=O)(=O)c1cc(F)ccc1NC(=O)C1CC(=O)N(Cc2ccco2)C1. The van der Waals surface area contributed by atoms with Crippen LogP contribution in [-0.2, 0) is 26.0 Å². The number of carbonyl (C=O) groups is 2. The highest BCUT2D eigenvalue weighted by Crippen LogP contribution is 2.26. The number of hydrogen-bond acceptors (Lipinski definition) is 5. The van der Waals surface area contributed by atoms with Gasteiger partial charge in [-0.05, 0) is 30.3 Å². The van der Waals surface area contributed by atoms with Crippen molar-refractivity contribution in [3.8, 4) is 0 Å². The number of likely N-dealkylation sites (tertiary alicyclic amines) is 1. The van der Waals surface area contributed by atoms with Crippen molar-refractivity contribution in [3.63, 3.8) is 0 Å². The normalized spacial score (nSPS) is 17.3. The average molecular weight is 394 g/mol. The third kappa shape index (κ3) is 4.19. The summed E-state index contributed by atoms with van der Waals surface area (Å²) in [7, 11) is -3.72. The zero-order valence-corrected chi connectivity index (χ0v) is 15.5. The van der Waals surface area contributed by atoms with E-state index >= 15 is 0 Å². The minimum atomic E-state index is -3.72. The molecule has 3 rings (SSSR count). The molecule has 0 spiro atoms. The fourth-order valence-corrected chi connectivity index (χ4v) is 4.00. The third-order valence-electron chi connectivity index (χ3n) is 4.43. The minimum Gasteiger partial charge on any atom is -0.467 e. The van der Waals surface area contributed by atoms with Gasteiger partial charge in [-0.15, -0.1) is 0 Å². The van der Waals surface area contributed by atoms with Crippen LogP contribution in [0.5, 0.6) is 0 Å². The van der Waals surface area contributed by atoms with Crippen molar-refractivity contribution in [2.45, 2.75) is 24.8 Å². The lowest BCUT2D eigenvalue weighted by Gasteiger charge is -2.16. The molecule has 2 amide bonds. The Hall–Kier alpha value is -2.68. The molecule has 1 aliphatic heterocycles. The molecule has 1 saturated heterocycles. The number of anilines is 1. The van der Waals surface area contributed by atoms with E-state index in [0.717, 1.165) is 12.1 Å². The molecule has 2 heterocycles. The van der Waals surface area contributed by atoms with Crippen molar-refractivity contribution in [3.05, 3.63) is 48.2 Å². The molecule has 1 aromatic carbocycles. The highest BCUT2D eigenvalue weighted by atomic mass is 32.2. The number of nitrogens with one attached hydrogen (secondary N) is 1. The van der Waals surface area contributed by atoms with Crippen LogP contribution in [0.1, 0.15) is 19.1 Å². The monoisotopic (exact) mass is 394 g/mol. The molecule has 0 bridgehead atoms. The lowest BCUT2D eigenvalue weighted by atomic mass is 10.1. The van der Waals surface area contributed by atoms with Gasteiger partial charge in [-0.25, -0.2) is 12.8 Å². The van der Waals surface area contributed by atoms with Gasteiger partial charge in [0.2, 0.25) is 11.8 Å². The Morgan fingerprint density at radius 3 is 2.81 bits per heavy atom. The van der Waals surface area contributed by atoms with Gasteiger partial charge < -0.3 is 14.6 Å². The standard InChI is InChI=1S/C18H19FN2O5S/c1-2-27(24,25)16-9-13(19)5-6-15(16)20-18(23)12-8-17(22)21(10-12)11-14-4-3-7-26-14/h3-7,9,12H,2,8,10-11H2,1H3,(H,20,23).